The van der Waals surface area contributed by atoms with Gasteiger partial charge >= 0.3 is 12.1 Å². The first-order chi connectivity index (χ1) is 15.1. The lowest BCUT2D eigenvalue weighted by Crippen LogP contribution is -2.21. The molecule has 4 aromatic rings. The molecule has 1 heterocycles. The zero-order valence-corrected chi connectivity index (χ0v) is 16.5. The Labute approximate surface area is 177 Å². The van der Waals surface area contributed by atoms with Gasteiger partial charge in [-0.15, -0.1) is 0 Å². The summed E-state index contributed by atoms with van der Waals surface area (Å²) in [7, 11) is 0. The molecule has 1 aliphatic carbocycles. The molecule has 0 saturated heterocycles. The molecule has 1 aliphatic rings. The maximum atomic E-state index is 12.6. The van der Waals surface area contributed by atoms with Crippen LogP contribution in [0.3, 0.4) is 0 Å². The van der Waals surface area contributed by atoms with E-state index < -0.39 is 12.1 Å². The average Bonchev–Trinajstić information content (AvgIpc) is 3.27. The SMILES string of the molecule is O=C(O)Cn1c(NC(=O)OCC2c3ccccc3-c3ccccc32)nc2ccccc21. The molecule has 7 heteroatoms. The van der Waals surface area contributed by atoms with Crippen LogP contribution in [0.1, 0.15) is 17.0 Å². The summed E-state index contributed by atoms with van der Waals surface area (Å²) in [6.07, 6.45) is -0.677. The van der Waals surface area contributed by atoms with Crippen molar-refractivity contribution in [2.24, 2.45) is 0 Å². The third kappa shape index (κ3) is 3.40. The molecule has 0 bridgehead atoms. The van der Waals surface area contributed by atoms with Gasteiger partial charge in [0.15, 0.2) is 0 Å². The summed E-state index contributed by atoms with van der Waals surface area (Å²) in [6, 6.07) is 23.3. The lowest BCUT2D eigenvalue weighted by Gasteiger charge is -2.14. The second kappa shape index (κ2) is 7.60. The quantitative estimate of drug-likeness (QED) is 0.503. The van der Waals surface area contributed by atoms with Crippen LogP contribution in [0.4, 0.5) is 10.7 Å². The summed E-state index contributed by atoms with van der Waals surface area (Å²) in [5.74, 6) is -0.949. The molecule has 1 aromatic heterocycles. The standard InChI is InChI=1S/C24H19N3O4/c28-22(29)13-27-21-12-6-5-11-20(21)25-23(27)26-24(30)31-14-19-17-9-3-1-7-15(17)16-8-2-4-10-18(16)19/h1-12,19H,13-14H2,(H,28,29)(H,25,26,30). The Morgan fingerprint density at radius 2 is 1.55 bits per heavy atom. The number of carboxylic acid groups (broad SMARTS) is 1. The van der Waals surface area contributed by atoms with E-state index >= 15 is 0 Å². The Hall–Kier alpha value is -4.13. The average molecular weight is 413 g/mol. The van der Waals surface area contributed by atoms with Crippen LogP contribution in [0, 0.1) is 0 Å². The number of fused-ring (bicyclic) bond motifs is 4. The number of nitrogens with one attached hydrogen (secondary N) is 1. The summed E-state index contributed by atoms with van der Waals surface area (Å²) in [6.45, 7) is -0.154. The summed E-state index contributed by atoms with van der Waals surface area (Å²) in [4.78, 5) is 28.2. The van der Waals surface area contributed by atoms with Crippen molar-refractivity contribution in [3.63, 3.8) is 0 Å². The molecule has 0 unspecified atom stereocenters. The number of nitrogens with zero attached hydrogens (tertiary/aromatic N) is 2. The molecular formula is C24H19N3O4. The van der Waals surface area contributed by atoms with Gasteiger partial charge in [-0.1, -0.05) is 60.7 Å². The fourth-order valence-electron chi connectivity index (χ4n) is 4.19. The van der Waals surface area contributed by atoms with Gasteiger partial charge in [-0.25, -0.2) is 9.78 Å². The maximum absolute atomic E-state index is 12.6. The summed E-state index contributed by atoms with van der Waals surface area (Å²) < 4.78 is 6.99. The summed E-state index contributed by atoms with van der Waals surface area (Å²) in [5.41, 5.74) is 5.76. The molecule has 0 aliphatic heterocycles. The van der Waals surface area contributed by atoms with Gasteiger partial charge in [0, 0.05) is 5.92 Å². The molecular weight excluding hydrogens is 394 g/mol. The third-order valence-electron chi connectivity index (χ3n) is 5.51. The molecule has 0 saturated carbocycles. The van der Waals surface area contributed by atoms with Crippen LogP contribution in [0.25, 0.3) is 22.2 Å². The number of aromatic nitrogens is 2. The Balaban J connectivity index is 1.36. The topological polar surface area (TPSA) is 93.5 Å². The highest BCUT2D eigenvalue weighted by Gasteiger charge is 2.29. The molecule has 3 aromatic carbocycles. The molecule has 5 rings (SSSR count). The van der Waals surface area contributed by atoms with Gasteiger partial charge in [-0.2, -0.15) is 0 Å². The fourth-order valence-corrected chi connectivity index (χ4v) is 4.19. The van der Waals surface area contributed by atoms with E-state index in [1.807, 2.05) is 36.4 Å². The number of carbonyl (C=O) groups excluding carboxylic acids is 1. The molecule has 31 heavy (non-hydrogen) atoms. The van der Waals surface area contributed by atoms with Crippen LogP contribution >= 0.6 is 0 Å². The highest BCUT2D eigenvalue weighted by Crippen LogP contribution is 2.44. The smallest absolute Gasteiger partial charge is 0.414 e. The van der Waals surface area contributed by atoms with Crippen molar-refractivity contribution in [2.45, 2.75) is 12.5 Å². The normalized spacial score (nSPS) is 12.4. The minimum Gasteiger partial charge on any atom is -0.480 e. The number of anilines is 1. The first kappa shape index (κ1) is 18.9. The van der Waals surface area contributed by atoms with Crippen molar-refractivity contribution in [2.75, 3.05) is 11.9 Å². The van der Waals surface area contributed by atoms with Gasteiger partial charge in [0.1, 0.15) is 13.2 Å². The molecule has 1 amide bonds. The highest BCUT2D eigenvalue weighted by atomic mass is 16.5. The van der Waals surface area contributed by atoms with Crippen molar-refractivity contribution in [3.05, 3.63) is 83.9 Å². The minimum atomic E-state index is -1.03. The Bertz CT molecular complexity index is 1270. The Kier molecular flexibility index (Phi) is 4.63. The predicted molar refractivity (Wildman–Crippen MR) is 116 cm³/mol. The Morgan fingerprint density at radius 3 is 2.23 bits per heavy atom. The van der Waals surface area contributed by atoms with Gasteiger partial charge < -0.3 is 9.84 Å². The van der Waals surface area contributed by atoms with E-state index in [0.29, 0.717) is 11.0 Å². The van der Waals surface area contributed by atoms with Crippen molar-refractivity contribution < 1.29 is 19.4 Å². The number of hydrogen-bond donors (Lipinski definition) is 2. The van der Waals surface area contributed by atoms with E-state index in [0.717, 1.165) is 22.3 Å². The molecule has 7 nitrogen and oxygen atoms in total. The number of ether oxygens (including phenoxy) is 1. The van der Waals surface area contributed by atoms with Crippen molar-refractivity contribution >= 4 is 29.0 Å². The van der Waals surface area contributed by atoms with E-state index in [1.54, 1.807) is 24.3 Å². The first-order valence-electron chi connectivity index (χ1n) is 9.91. The minimum absolute atomic E-state index is 0.0593. The van der Waals surface area contributed by atoms with Gasteiger partial charge in [-0.3, -0.25) is 14.7 Å². The van der Waals surface area contributed by atoms with Crippen LogP contribution in [0.15, 0.2) is 72.8 Å². The zero-order chi connectivity index (χ0) is 21.4. The maximum Gasteiger partial charge on any atom is 0.414 e. The van der Waals surface area contributed by atoms with Gasteiger partial charge in [0.25, 0.3) is 0 Å². The molecule has 0 atom stereocenters. The van der Waals surface area contributed by atoms with Crippen molar-refractivity contribution in [1.29, 1.82) is 0 Å². The fraction of sp³-hybridized carbons (Fsp3) is 0.125. The van der Waals surface area contributed by atoms with Crippen LogP contribution in [0.5, 0.6) is 0 Å². The van der Waals surface area contributed by atoms with E-state index in [-0.39, 0.29) is 25.0 Å². The lowest BCUT2D eigenvalue weighted by molar-refractivity contribution is -0.137. The van der Waals surface area contributed by atoms with Gasteiger partial charge in [0.05, 0.1) is 11.0 Å². The highest BCUT2D eigenvalue weighted by molar-refractivity contribution is 5.88. The van der Waals surface area contributed by atoms with Crippen LogP contribution in [-0.2, 0) is 16.1 Å². The first-order valence-corrected chi connectivity index (χ1v) is 9.91. The number of amides is 1. The van der Waals surface area contributed by atoms with Gasteiger partial charge in [-0.05, 0) is 34.4 Å². The van der Waals surface area contributed by atoms with Crippen molar-refractivity contribution in [1.82, 2.24) is 9.55 Å². The number of para-hydroxylation sites is 2. The van der Waals surface area contributed by atoms with Crippen LogP contribution in [0.2, 0.25) is 0 Å². The number of imidazole rings is 1. The van der Waals surface area contributed by atoms with Crippen LogP contribution < -0.4 is 5.32 Å². The molecule has 0 spiro atoms. The third-order valence-corrected chi connectivity index (χ3v) is 5.51. The largest absolute Gasteiger partial charge is 0.480 e. The lowest BCUT2D eigenvalue weighted by atomic mass is 9.98. The predicted octanol–water partition coefficient (Wildman–Crippen LogP) is 4.48. The number of carboxylic acids is 1. The van der Waals surface area contributed by atoms with E-state index in [1.165, 1.54) is 4.57 Å². The zero-order valence-electron chi connectivity index (χ0n) is 16.5. The number of carbonyl (C=O) groups is 2. The van der Waals surface area contributed by atoms with Gasteiger partial charge in [0.2, 0.25) is 5.95 Å². The van der Waals surface area contributed by atoms with Crippen LogP contribution in [-0.4, -0.2) is 33.3 Å². The Morgan fingerprint density at radius 1 is 0.935 bits per heavy atom. The molecule has 2 N–H and O–H groups in total. The molecule has 0 radical (unpaired) electrons. The second-order valence-electron chi connectivity index (χ2n) is 7.35. The van der Waals surface area contributed by atoms with E-state index in [2.05, 4.69) is 22.4 Å². The number of benzene rings is 3. The van der Waals surface area contributed by atoms with Crippen molar-refractivity contribution in [3.8, 4) is 11.1 Å². The molecule has 0 fully saturated rings. The summed E-state index contributed by atoms with van der Waals surface area (Å²) >= 11 is 0. The van der Waals surface area contributed by atoms with E-state index in [9.17, 15) is 14.7 Å². The second-order valence-corrected chi connectivity index (χ2v) is 7.35. The monoisotopic (exact) mass is 413 g/mol. The number of rotatable bonds is 5. The molecule has 154 valence electrons. The van der Waals surface area contributed by atoms with E-state index in [4.69, 9.17) is 4.74 Å². The number of hydrogen-bond acceptors (Lipinski definition) is 4. The summed E-state index contributed by atoms with van der Waals surface area (Å²) in [5, 5.41) is 11.8. The number of aliphatic carboxylic acids is 1.